The van der Waals surface area contributed by atoms with Crippen molar-refractivity contribution in [3.63, 3.8) is 0 Å². The minimum Gasteiger partial charge on any atom is -0.326 e. The van der Waals surface area contributed by atoms with Gasteiger partial charge < -0.3 is 5.73 Å². The molecule has 19 heavy (non-hydrogen) atoms. The summed E-state index contributed by atoms with van der Waals surface area (Å²) in [5.74, 6) is 0.844. The fourth-order valence-corrected chi connectivity index (χ4v) is 4.24. The molecule has 1 saturated heterocycles. The second-order valence-electron chi connectivity index (χ2n) is 7.90. The fourth-order valence-electron chi connectivity index (χ4n) is 4.24. The van der Waals surface area contributed by atoms with Gasteiger partial charge in [0.05, 0.1) is 0 Å². The summed E-state index contributed by atoms with van der Waals surface area (Å²) in [6.45, 7) is 10.8. The lowest BCUT2D eigenvalue weighted by molar-refractivity contribution is 0.0232. The zero-order valence-corrected chi connectivity index (χ0v) is 13.5. The highest BCUT2D eigenvalue weighted by atomic mass is 15.2. The number of nitrogens with two attached hydrogens (primary N) is 1. The number of hydrogen-bond acceptors (Lipinski definition) is 2. The van der Waals surface area contributed by atoms with E-state index < -0.39 is 0 Å². The lowest BCUT2D eigenvalue weighted by atomic mass is 9.69. The van der Waals surface area contributed by atoms with E-state index in [9.17, 15) is 0 Å². The molecule has 112 valence electrons. The lowest BCUT2D eigenvalue weighted by Gasteiger charge is -2.49. The van der Waals surface area contributed by atoms with Gasteiger partial charge in [0.1, 0.15) is 0 Å². The van der Waals surface area contributed by atoms with Gasteiger partial charge in [0.25, 0.3) is 0 Å². The molecule has 2 N–H and O–H groups in total. The van der Waals surface area contributed by atoms with Gasteiger partial charge in [0.15, 0.2) is 0 Å². The van der Waals surface area contributed by atoms with E-state index in [2.05, 4.69) is 32.6 Å². The van der Waals surface area contributed by atoms with Gasteiger partial charge in [-0.3, -0.25) is 4.90 Å². The average molecular weight is 266 g/mol. The minimum atomic E-state index is 0.408. The van der Waals surface area contributed by atoms with Crippen LogP contribution < -0.4 is 5.73 Å². The fraction of sp³-hybridized carbons (Fsp3) is 1.00. The first-order chi connectivity index (χ1) is 8.93. The van der Waals surface area contributed by atoms with Crippen LogP contribution in [0, 0.1) is 11.3 Å². The van der Waals surface area contributed by atoms with Gasteiger partial charge in [-0.1, -0.05) is 34.1 Å². The van der Waals surface area contributed by atoms with E-state index in [0.717, 1.165) is 12.0 Å². The highest BCUT2D eigenvalue weighted by Gasteiger charge is 2.39. The summed E-state index contributed by atoms with van der Waals surface area (Å²) >= 11 is 0. The van der Waals surface area contributed by atoms with Crippen LogP contribution in [0.2, 0.25) is 0 Å². The van der Waals surface area contributed by atoms with Crippen molar-refractivity contribution in [3.05, 3.63) is 0 Å². The third kappa shape index (κ3) is 3.52. The predicted molar refractivity (Wildman–Crippen MR) is 83.2 cm³/mol. The van der Waals surface area contributed by atoms with Crippen LogP contribution in [0.15, 0.2) is 0 Å². The minimum absolute atomic E-state index is 0.408. The number of nitrogens with zero attached hydrogens (tertiary/aromatic N) is 1. The Bertz CT molecular complexity index is 281. The van der Waals surface area contributed by atoms with Gasteiger partial charge in [0, 0.05) is 18.1 Å². The van der Waals surface area contributed by atoms with E-state index in [0.29, 0.717) is 17.5 Å². The predicted octanol–water partition coefficient (Wildman–Crippen LogP) is 3.79. The van der Waals surface area contributed by atoms with Gasteiger partial charge in [-0.05, 0) is 56.4 Å². The number of piperidine rings is 1. The molecule has 0 amide bonds. The molecule has 0 aromatic carbocycles. The third-order valence-electron chi connectivity index (χ3n) is 5.66. The van der Waals surface area contributed by atoms with Crippen LogP contribution in [0.5, 0.6) is 0 Å². The summed E-state index contributed by atoms with van der Waals surface area (Å²) in [5, 5.41) is 0. The van der Waals surface area contributed by atoms with Crippen molar-refractivity contribution in [1.82, 2.24) is 4.90 Å². The maximum absolute atomic E-state index is 6.49. The van der Waals surface area contributed by atoms with E-state index in [1.165, 1.54) is 51.5 Å². The molecule has 4 atom stereocenters. The van der Waals surface area contributed by atoms with Crippen molar-refractivity contribution < 1.29 is 0 Å². The van der Waals surface area contributed by atoms with Crippen LogP contribution in [0.25, 0.3) is 0 Å². The van der Waals surface area contributed by atoms with E-state index in [1.54, 1.807) is 0 Å². The highest BCUT2D eigenvalue weighted by molar-refractivity contribution is 4.95. The maximum atomic E-state index is 6.49. The van der Waals surface area contributed by atoms with Crippen LogP contribution >= 0.6 is 0 Å². The standard InChI is InChI=1S/C17H34N2/c1-5-14-8-6-7-11-19(14)16-12-13(17(2,3)4)9-10-15(16)18/h13-16H,5-12,18H2,1-4H3. The Kier molecular flexibility index (Phi) is 4.94. The van der Waals surface area contributed by atoms with E-state index in [-0.39, 0.29) is 0 Å². The van der Waals surface area contributed by atoms with Crippen LogP contribution in [0.4, 0.5) is 0 Å². The second-order valence-corrected chi connectivity index (χ2v) is 7.90. The van der Waals surface area contributed by atoms with Crippen LogP contribution in [-0.2, 0) is 0 Å². The summed E-state index contributed by atoms with van der Waals surface area (Å²) in [7, 11) is 0. The molecule has 0 radical (unpaired) electrons. The van der Waals surface area contributed by atoms with Crippen molar-refractivity contribution in [3.8, 4) is 0 Å². The summed E-state index contributed by atoms with van der Waals surface area (Å²) < 4.78 is 0. The Morgan fingerprint density at radius 1 is 1.11 bits per heavy atom. The molecule has 0 aromatic heterocycles. The van der Waals surface area contributed by atoms with Crippen molar-refractivity contribution in [2.45, 2.75) is 90.8 Å². The second kappa shape index (κ2) is 6.13. The summed E-state index contributed by atoms with van der Waals surface area (Å²) in [4.78, 5) is 2.78. The molecule has 4 unspecified atom stereocenters. The third-order valence-corrected chi connectivity index (χ3v) is 5.66. The SMILES string of the molecule is CCC1CCCCN1C1CC(C(C)(C)C)CCC1N. The smallest absolute Gasteiger partial charge is 0.0252 e. The van der Waals surface area contributed by atoms with Crippen LogP contribution in [0.1, 0.15) is 72.6 Å². The number of likely N-dealkylation sites (tertiary alicyclic amines) is 1. The summed E-state index contributed by atoms with van der Waals surface area (Å²) in [6.07, 6.45) is 9.34. The Balaban J connectivity index is 2.07. The largest absolute Gasteiger partial charge is 0.326 e. The van der Waals surface area contributed by atoms with Crippen LogP contribution in [-0.4, -0.2) is 29.6 Å². The molecular weight excluding hydrogens is 232 g/mol. The van der Waals surface area contributed by atoms with Crippen molar-refractivity contribution in [2.24, 2.45) is 17.1 Å². The van der Waals surface area contributed by atoms with E-state index in [1.807, 2.05) is 0 Å². The van der Waals surface area contributed by atoms with Gasteiger partial charge in [0.2, 0.25) is 0 Å². The van der Waals surface area contributed by atoms with Crippen molar-refractivity contribution in [2.75, 3.05) is 6.54 Å². The zero-order chi connectivity index (χ0) is 14.0. The molecule has 1 saturated carbocycles. The van der Waals surface area contributed by atoms with Gasteiger partial charge >= 0.3 is 0 Å². The first-order valence-electron chi connectivity index (χ1n) is 8.44. The van der Waals surface area contributed by atoms with E-state index in [4.69, 9.17) is 5.73 Å². The molecule has 2 heteroatoms. The molecular formula is C17H34N2. The van der Waals surface area contributed by atoms with Crippen LogP contribution in [0.3, 0.4) is 0 Å². The molecule has 0 spiro atoms. The normalized spacial score (nSPS) is 38.4. The van der Waals surface area contributed by atoms with Gasteiger partial charge in [-0.15, -0.1) is 0 Å². The van der Waals surface area contributed by atoms with E-state index >= 15 is 0 Å². The number of hydrogen-bond donors (Lipinski definition) is 1. The lowest BCUT2D eigenvalue weighted by Crippen LogP contribution is -2.57. The summed E-state index contributed by atoms with van der Waals surface area (Å²) in [6, 6.07) is 1.84. The summed E-state index contributed by atoms with van der Waals surface area (Å²) in [5.41, 5.74) is 6.93. The molecule has 1 aliphatic carbocycles. The Morgan fingerprint density at radius 2 is 1.84 bits per heavy atom. The van der Waals surface area contributed by atoms with Crippen molar-refractivity contribution in [1.29, 1.82) is 0 Å². The Morgan fingerprint density at radius 3 is 2.47 bits per heavy atom. The molecule has 2 rings (SSSR count). The molecule has 1 aliphatic heterocycles. The molecule has 0 aromatic rings. The molecule has 0 bridgehead atoms. The molecule has 2 aliphatic rings. The zero-order valence-electron chi connectivity index (χ0n) is 13.5. The van der Waals surface area contributed by atoms with Gasteiger partial charge in [-0.25, -0.2) is 0 Å². The quantitative estimate of drug-likeness (QED) is 0.824. The first kappa shape index (κ1) is 15.3. The molecule has 2 nitrogen and oxygen atoms in total. The Hall–Kier alpha value is -0.0800. The first-order valence-corrected chi connectivity index (χ1v) is 8.44. The maximum Gasteiger partial charge on any atom is 0.0252 e. The number of rotatable bonds is 2. The Labute approximate surface area is 120 Å². The monoisotopic (exact) mass is 266 g/mol. The highest BCUT2D eigenvalue weighted by Crippen LogP contribution is 2.40. The molecule has 2 fully saturated rings. The average Bonchev–Trinajstić information content (AvgIpc) is 2.38. The topological polar surface area (TPSA) is 29.3 Å². The van der Waals surface area contributed by atoms with Crippen molar-refractivity contribution >= 4 is 0 Å². The molecule has 1 heterocycles. The van der Waals surface area contributed by atoms with Gasteiger partial charge in [-0.2, -0.15) is 0 Å².